The molecule has 43 heavy (non-hydrogen) atoms. The minimum Gasteiger partial charge on any atom is -0.487 e. The lowest BCUT2D eigenvalue weighted by atomic mass is 10.1. The van der Waals surface area contributed by atoms with Crippen molar-refractivity contribution in [2.24, 2.45) is 5.10 Å². The molecule has 0 radical (unpaired) electrons. The quantitative estimate of drug-likeness (QED) is 0.159. The third-order valence-corrected chi connectivity index (χ3v) is 8.72. The Morgan fingerprint density at radius 1 is 0.814 bits per heavy atom. The lowest BCUT2D eigenvalue weighted by Crippen LogP contribution is -2.20. The van der Waals surface area contributed by atoms with Gasteiger partial charge in [-0.3, -0.25) is 4.79 Å². The van der Waals surface area contributed by atoms with Gasteiger partial charge in [0.05, 0.1) is 26.1 Å². The number of aromatic nitrogens is 2. The molecule has 0 bridgehead atoms. The molecular formula is C34H20Br3N3O3. The molecule has 5 aromatic carbocycles. The Kier molecular flexibility index (Phi) is 7.46. The van der Waals surface area contributed by atoms with Crippen LogP contribution in [0, 0.1) is 0 Å². The lowest BCUT2D eigenvalue weighted by molar-refractivity contribution is 0.303. The minimum absolute atomic E-state index is 0.299. The summed E-state index contributed by atoms with van der Waals surface area (Å²) in [6, 6.07) is 33.0. The number of para-hydroxylation sites is 1. The van der Waals surface area contributed by atoms with Gasteiger partial charge in [-0.1, -0.05) is 70.5 Å². The SMILES string of the molecule is O=c1c2ccccc2nc(-c2cc3cc(Br)ccc3o2)n1N=Cc1cc(Br)c(OCc2cccc3ccccc23)c(Br)c1. The van der Waals surface area contributed by atoms with Gasteiger partial charge >= 0.3 is 0 Å². The minimum atomic E-state index is -0.299. The largest absolute Gasteiger partial charge is 0.487 e. The van der Waals surface area contributed by atoms with Crippen LogP contribution in [0.3, 0.4) is 0 Å². The second-order valence-corrected chi connectivity index (χ2v) is 12.5. The number of furan rings is 1. The zero-order valence-corrected chi connectivity index (χ0v) is 27.1. The smallest absolute Gasteiger partial charge is 0.282 e. The predicted molar refractivity (Wildman–Crippen MR) is 182 cm³/mol. The van der Waals surface area contributed by atoms with E-state index in [2.05, 4.69) is 77.2 Å². The predicted octanol–water partition coefficient (Wildman–Crippen LogP) is 9.71. The van der Waals surface area contributed by atoms with Crippen LogP contribution in [0.5, 0.6) is 5.75 Å². The molecule has 6 nitrogen and oxygen atoms in total. The molecule has 0 aliphatic carbocycles. The molecule has 7 aromatic rings. The van der Waals surface area contributed by atoms with Crippen LogP contribution in [0.15, 0.2) is 131 Å². The first-order chi connectivity index (χ1) is 20.9. The van der Waals surface area contributed by atoms with E-state index in [-0.39, 0.29) is 5.56 Å². The fourth-order valence-electron chi connectivity index (χ4n) is 5.00. The van der Waals surface area contributed by atoms with Crippen LogP contribution >= 0.6 is 47.8 Å². The summed E-state index contributed by atoms with van der Waals surface area (Å²) < 4.78 is 16.0. The maximum absolute atomic E-state index is 13.6. The van der Waals surface area contributed by atoms with Crippen LogP contribution in [0.4, 0.5) is 0 Å². The summed E-state index contributed by atoms with van der Waals surface area (Å²) in [6.45, 7) is 0.404. The molecule has 0 amide bonds. The van der Waals surface area contributed by atoms with E-state index in [4.69, 9.17) is 14.1 Å². The van der Waals surface area contributed by atoms with E-state index in [1.54, 1.807) is 18.3 Å². The standard InChI is InChI=1S/C34H20Br3N3O3/c35-24-12-13-30-23(16-24)17-31(43-30)33-39-29-11-4-3-10-26(29)34(41)40(33)38-18-20-14-27(36)32(28(37)15-20)42-19-22-8-5-7-21-6-1-2-9-25(21)22/h1-18H,19H2. The summed E-state index contributed by atoms with van der Waals surface area (Å²) in [5.41, 5.74) is 2.79. The average Bonchev–Trinajstić information content (AvgIpc) is 3.43. The van der Waals surface area contributed by atoms with E-state index < -0.39 is 0 Å². The van der Waals surface area contributed by atoms with Gasteiger partial charge in [0.15, 0.2) is 5.76 Å². The average molecular weight is 758 g/mol. The first-order valence-electron chi connectivity index (χ1n) is 13.3. The van der Waals surface area contributed by atoms with Gasteiger partial charge in [0.25, 0.3) is 5.56 Å². The van der Waals surface area contributed by atoms with Crippen molar-refractivity contribution in [1.29, 1.82) is 0 Å². The van der Waals surface area contributed by atoms with Crippen molar-refractivity contribution < 1.29 is 9.15 Å². The van der Waals surface area contributed by atoms with Crippen molar-refractivity contribution in [1.82, 2.24) is 9.66 Å². The Balaban J connectivity index is 1.24. The Bertz CT molecular complexity index is 2250. The van der Waals surface area contributed by atoms with Crippen LogP contribution in [0.2, 0.25) is 0 Å². The van der Waals surface area contributed by atoms with Crippen LogP contribution in [0.25, 0.3) is 44.2 Å². The number of halogens is 3. The van der Waals surface area contributed by atoms with Crippen molar-refractivity contribution in [3.05, 3.63) is 138 Å². The van der Waals surface area contributed by atoms with Gasteiger partial charge in [-0.05, 0) is 102 Å². The van der Waals surface area contributed by atoms with Crippen molar-refractivity contribution in [2.75, 3.05) is 0 Å². The molecule has 0 aliphatic heterocycles. The molecule has 0 atom stereocenters. The van der Waals surface area contributed by atoms with Gasteiger partial charge in [-0.25, -0.2) is 4.98 Å². The molecule has 0 fully saturated rings. The van der Waals surface area contributed by atoms with Gasteiger partial charge in [-0.2, -0.15) is 9.78 Å². The highest BCUT2D eigenvalue weighted by molar-refractivity contribution is 9.11. The molecular weight excluding hydrogens is 738 g/mol. The van der Waals surface area contributed by atoms with E-state index in [1.165, 1.54) is 10.1 Å². The number of benzene rings is 5. The molecule has 0 aliphatic rings. The van der Waals surface area contributed by atoms with Crippen molar-refractivity contribution in [3.63, 3.8) is 0 Å². The maximum atomic E-state index is 13.6. The number of rotatable bonds is 6. The van der Waals surface area contributed by atoms with E-state index in [1.807, 2.05) is 66.7 Å². The van der Waals surface area contributed by atoms with Gasteiger partial charge in [0.1, 0.15) is 17.9 Å². The van der Waals surface area contributed by atoms with E-state index in [0.717, 1.165) is 35.3 Å². The summed E-state index contributed by atoms with van der Waals surface area (Å²) in [7, 11) is 0. The van der Waals surface area contributed by atoms with E-state index >= 15 is 0 Å². The third-order valence-electron chi connectivity index (χ3n) is 7.05. The summed E-state index contributed by atoms with van der Waals surface area (Å²) in [4.78, 5) is 18.4. The second kappa shape index (κ2) is 11.6. The molecule has 0 saturated heterocycles. The van der Waals surface area contributed by atoms with Crippen molar-refractivity contribution in [3.8, 4) is 17.3 Å². The van der Waals surface area contributed by atoms with Gasteiger partial charge in [-0.15, -0.1) is 0 Å². The van der Waals surface area contributed by atoms with Crippen molar-refractivity contribution >= 4 is 86.6 Å². The summed E-state index contributed by atoms with van der Waals surface area (Å²) in [5.74, 6) is 1.41. The second-order valence-electron chi connectivity index (χ2n) is 9.85. The van der Waals surface area contributed by atoms with Gasteiger partial charge < -0.3 is 9.15 Å². The molecule has 7 rings (SSSR count). The molecule has 0 spiro atoms. The number of ether oxygens (including phenoxy) is 1. The molecule has 0 saturated carbocycles. The first kappa shape index (κ1) is 27.8. The molecule has 210 valence electrons. The number of nitrogens with zero attached hydrogens (tertiary/aromatic N) is 3. The van der Waals surface area contributed by atoms with E-state index in [9.17, 15) is 4.79 Å². The molecule has 9 heteroatoms. The van der Waals surface area contributed by atoms with E-state index in [0.29, 0.717) is 40.4 Å². The lowest BCUT2D eigenvalue weighted by Gasteiger charge is -2.13. The van der Waals surface area contributed by atoms with Gasteiger partial charge in [0.2, 0.25) is 5.82 Å². The Labute approximate surface area is 271 Å². The number of hydrogen-bond donors (Lipinski definition) is 0. The topological polar surface area (TPSA) is 69.6 Å². The summed E-state index contributed by atoms with van der Waals surface area (Å²) >= 11 is 10.8. The monoisotopic (exact) mass is 755 g/mol. The van der Waals surface area contributed by atoms with Crippen LogP contribution in [-0.2, 0) is 6.61 Å². The van der Waals surface area contributed by atoms with Crippen LogP contribution in [-0.4, -0.2) is 15.9 Å². The highest BCUT2D eigenvalue weighted by atomic mass is 79.9. The van der Waals surface area contributed by atoms with Crippen molar-refractivity contribution in [2.45, 2.75) is 6.61 Å². The Hall–Kier alpha value is -4.05. The summed E-state index contributed by atoms with van der Waals surface area (Å²) in [6.07, 6.45) is 1.62. The zero-order chi connectivity index (χ0) is 29.5. The molecule has 2 aromatic heterocycles. The summed E-state index contributed by atoms with van der Waals surface area (Å²) in [5, 5.41) is 8.26. The fourth-order valence-corrected chi connectivity index (χ4v) is 6.83. The number of hydrogen-bond acceptors (Lipinski definition) is 5. The Morgan fingerprint density at radius 3 is 2.40 bits per heavy atom. The van der Waals surface area contributed by atoms with Crippen LogP contribution in [0.1, 0.15) is 11.1 Å². The first-order valence-corrected chi connectivity index (χ1v) is 15.7. The fraction of sp³-hybridized carbons (Fsp3) is 0.0294. The van der Waals surface area contributed by atoms with Crippen LogP contribution < -0.4 is 10.3 Å². The van der Waals surface area contributed by atoms with Gasteiger partial charge in [0, 0.05) is 9.86 Å². The number of fused-ring (bicyclic) bond motifs is 3. The maximum Gasteiger partial charge on any atom is 0.282 e. The highest BCUT2D eigenvalue weighted by Crippen LogP contribution is 2.36. The zero-order valence-electron chi connectivity index (χ0n) is 22.3. The Morgan fingerprint density at radius 2 is 1.56 bits per heavy atom. The normalized spacial score (nSPS) is 11.7. The molecule has 0 N–H and O–H groups in total. The molecule has 0 unspecified atom stereocenters. The highest BCUT2D eigenvalue weighted by Gasteiger charge is 2.17. The third kappa shape index (κ3) is 5.44. The molecule has 2 heterocycles.